The number of ether oxygens (including phenoxy) is 1. The van der Waals surface area contributed by atoms with E-state index in [1.807, 2.05) is 24.3 Å². The zero-order valence-electron chi connectivity index (χ0n) is 14.8. The molecule has 28 heavy (non-hydrogen) atoms. The summed E-state index contributed by atoms with van der Waals surface area (Å²) < 4.78 is 5.96. The van der Waals surface area contributed by atoms with Crippen LogP contribution in [0.1, 0.15) is 17.3 Å². The molecule has 9 nitrogen and oxygen atoms in total. The molecule has 1 amide bonds. The smallest absolute Gasteiger partial charge is 0.341 e. The largest absolute Gasteiger partial charge is 0.452 e. The number of nitrogen functional groups attached to an aromatic ring is 1. The lowest BCUT2D eigenvalue weighted by Gasteiger charge is -2.17. The van der Waals surface area contributed by atoms with Crippen LogP contribution in [-0.2, 0) is 9.53 Å². The fourth-order valence-corrected chi connectivity index (χ4v) is 3.56. The van der Waals surface area contributed by atoms with Crippen molar-refractivity contribution in [3.05, 3.63) is 58.1 Å². The molecule has 2 aromatic carbocycles. The van der Waals surface area contributed by atoms with Crippen LogP contribution in [0.4, 0.5) is 16.5 Å². The van der Waals surface area contributed by atoms with E-state index in [2.05, 4.69) is 4.98 Å². The fraction of sp³-hybridized carbons (Fsp3) is 0.167. The zero-order chi connectivity index (χ0) is 20.3. The highest BCUT2D eigenvalue weighted by Crippen LogP contribution is 2.28. The average Bonchev–Trinajstić information content (AvgIpc) is 3.10. The Bertz CT molecular complexity index is 1030. The lowest BCUT2D eigenvalue weighted by Crippen LogP contribution is -2.34. The summed E-state index contributed by atoms with van der Waals surface area (Å²) in [6.45, 7) is 1.59. The zero-order valence-corrected chi connectivity index (χ0v) is 15.6. The van der Waals surface area contributed by atoms with Crippen molar-refractivity contribution in [1.29, 1.82) is 0 Å². The average molecular weight is 400 g/mol. The first-order valence-electron chi connectivity index (χ1n) is 8.27. The lowest BCUT2D eigenvalue weighted by atomic mass is 10.1. The van der Waals surface area contributed by atoms with Crippen LogP contribution in [0.3, 0.4) is 0 Å². The molecule has 144 valence electrons. The standard InChI is InChI=1S/C18H16N4O5S/c1-2-21(18-20-14-5-3-4-6-15(14)28-18)16(23)10-27-17(24)12-9-11(22(25)26)7-8-13(12)19/h3-9H,2,10,19H2,1H3. The third-order valence-electron chi connectivity index (χ3n) is 3.93. The molecule has 1 aromatic heterocycles. The number of nitrogens with zero attached hydrogens (tertiary/aromatic N) is 3. The summed E-state index contributed by atoms with van der Waals surface area (Å²) in [7, 11) is 0. The van der Waals surface area contributed by atoms with E-state index in [1.165, 1.54) is 28.4 Å². The quantitative estimate of drug-likeness (QED) is 0.291. The number of nitrogens with two attached hydrogens (primary N) is 1. The number of carbonyl (C=O) groups is 2. The first kappa shape index (κ1) is 19.2. The van der Waals surface area contributed by atoms with Gasteiger partial charge in [-0.15, -0.1) is 0 Å². The van der Waals surface area contributed by atoms with Crippen molar-refractivity contribution in [3.8, 4) is 0 Å². The minimum absolute atomic E-state index is 0.0292. The molecule has 0 radical (unpaired) electrons. The Hall–Kier alpha value is -3.53. The van der Waals surface area contributed by atoms with Gasteiger partial charge in [-0.3, -0.25) is 19.8 Å². The third-order valence-corrected chi connectivity index (χ3v) is 4.98. The molecule has 1 heterocycles. The van der Waals surface area contributed by atoms with Crippen LogP contribution >= 0.6 is 11.3 Å². The minimum atomic E-state index is -0.907. The molecular weight excluding hydrogens is 384 g/mol. The Kier molecular flexibility index (Phi) is 5.50. The monoisotopic (exact) mass is 400 g/mol. The highest BCUT2D eigenvalue weighted by molar-refractivity contribution is 7.22. The Morgan fingerprint density at radius 2 is 2.04 bits per heavy atom. The molecule has 0 atom stereocenters. The predicted octanol–water partition coefficient (Wildman–Crippen LogP) is 3.00. The molecule has 0 saturated heterocycles. The lowest BCUT2D eigenvalue weighted by molar-refractivity contribution is -0.384. The number of nitro benzene ring substituents is 1. The maximum Gasteiger partial charge on any atom is 0.341 e. The Balaban J connectivity index is 1.72. The van der Waals surface area contributed by atoms with Gasteiger partial charge in [-0.25, -0.2) is 9.78 Å². The highest BCUT2D eigenvalue weighted by atomic mass is 32.1. The van der Waals surface area contributed by atoms with Crippen LogP contribution in [-0.4, -0.2) is 34.9 Å². The van der Waals surface area contributed by atoms with Crippen molar-refractivity contribution in [2.75, 3.05) is 23.8 Å². The van der Waals surface area contributed by atoms with Gasteiger partial charge in [-0.05, 0) is 25.1 Å². The van der Waals surface area contributed by atoms with Gasteiger partial charge < -0.3 is 10.5 Å². The summed E-state index contributed by atoms with van der Waals surface area (Å²) in [6.07, 6.45) is 0. The number of benzene rings is 2. The van der Waals surface area contributed by atoms with Gasteiger partial charge in [0.05, 0.1) is 20.7 Å². The van der Waals surface area contributed by atoms with Gasteiger partial charge >= 0.3 is 5.97 Å². The van der Waals surface area contributed by atoms with Crippen molar-refractivity contribution in [1.82, 2.24) is 4.98 Å². The van der Waals surface area contributed by atoms with Gasteiger partial charge in [0.2, 0.25) is 0 Å². The second kappa shape index (κ2) is 8.01. The minimum Gasteiger partial charge on any atom is -0.452 e. The van der Waals surface area contributed by atoms with E-state index in [-0.39, 0.29) is 16.9 Å². The second-order valence-electron chi connectivity index (χ2n) is 5.71. The maximum absolute atomic E-state index is 12.5. The van der Waals surface area contributed by atoms with E-state index in [9.17, 15) is 19.7 Å². The first-order chi connectivity index (χ1) is 13.4. The van der Waals surface area contributed by atoms with Crippen molar-refractivity contribution in [3.63, 3.8) is 0 Å². The number of non-ortho nitro benzene ring substituents is 1. The third kappa shape index (κ3) is 3.91. The van der Waals surface area contributed by atoms with Gasteiger partial charge in [0, 0.05) is 24.4 Å². The van der Waals surface area contributed by atoms with Crippen molar-refractivity contribution in [2.45, 2.75) is 6.92 Å². The fourth-order valence-electron chi connectivity index (χ4n) is 2.51. The number of likely N-dealkylation sites (N-methyl/N-ethyl adjacent to an activating group) is 1. The van der Waals surface area contributed by atoms with Crippen molar-refractivity contribution >= 4 is 49.9 Å². The van der Waals surface area contributed by atoms with Gasteiger partial charge in [0.1, 0.15) is 0 Å². The van der Waals surface area contributed by atoms with E-state index in [1.54, 1.807) is 6.92 Å². The first-order valence-corrected chi connectivity index (χ1v) is 9.09. The number of thiazole rings is 1. The topological polar surface area (TPSA) is 129 Å². The van der Waals surface area contributed by atoms with Crippen molar-refractivity contribution < 1.29 is 19.2 Å². The summed E-state index contributed by atoms with van der Waals surface area (Å²) >= 11 is 1.36. The van der Waals surface area contributed by atoms with Crippen LogP contribution in [0.2, 0.25) is 0 Å². The summed E-state index contributed by atoms with van der Waals surface area (Å²) in [5.74, 6) is -1.37. The van der Waals surface area contributed by atoms with Crippen LogP contribution in [0.5, 0.6) is 0 Å². The normalized spacial score (nSPS) is 10.6. The maximum atomic E-state index is 12.5. The molecule has 0 bridgehead atoms. The van der Waals surface area contributed by atoms with E-state index in [4.69, 9.17) is 10.5 Å². The number of hydrogen-bond donors (Lipinski definition) is 1. The molecule has 0 aliphatic carbocycles. The van der Waals surface area contributed by atoms with Crippen molar-refractivity contribution in [2.24, 2.45) is 0 Å². The summed E-state index contributed by atoms with van der Waals surface area (Å²) in [6, 6.07) is 10.9. The summed E-state index contributed by atoms with van der Waals surface area (Å²) in [5, 5.41) is 11.4. The number of fused-ring (bicyclic) bond motifs is 1. The van der Waals surface area contributed by atoms with Gasteiger partial charge in [0.25, 0.3) is 11.6 Å². The number of para-hydroxylation sites is 1. The Labute approximate surface area is 163 Å². The number of amides is 1. The number of nitro groups is 1. The molecule has 3 rings (SSSR count). The molecule has 0 fully saturated rings. The van der Waals surface area contributed by atoms with E-state index in [0.29, 0.717) is 11.7 Å². The number of hydrogen-bond acceptors (Lipinski definition) is 8. The molecule has 0 saturated carbocycles. The number of anilines is 2. The van der Waals surface area contributed by atoms with E-state index in [0.717, 1.165) is 16.3 Å². The second-order valence-corrected chi connectivity index (χ2v) is 6.72. The molecule has 3 aromatic rings. The molecule has 0 unspecified atom stereocenters. The van der Waals surface area contributed by atoms with Crippen LogP contribution in [0, 0.1) is 10.1 Å². The molecule has 0 spiro atoms. The Morgan fingerprint density at radius 3 is 2.71 bits per heavy atom. The van der Waals surface area contributed by atoms with E-state index >= 15 is 0 Å². The highest BCUT2D eigenvalue weighted by Gasteiger charge is 2.22. The van der Waals surface area contributed by atoms with Crippen LogP contribution < -0.4 is 10.6 Å². The summed E-state index contributed by atoms with van der Waals surface area (Å²) in [4.78, 5) is 40.8. The van der Waals surface area contributed by atoms with Crippen LogP contribution in [0.25, 0.3) is 10.2 Å². The number of carbonyl (C=O) groups excluding carboxylic acids is 2. The van der Waals surface area contributed by atoms with E-state index < -0.39 is 23.4 Å². The summed E-state index contributed by atoms with van der Waals surface area (Å²) in [5.41, 5.74) is 6.04. The predicted molar refractivity (Wildman–Crippen MR) is 105 cm³/mol. The van der Waals surface area contributed by atoms with Crippen LogP contribution in [0.15, 0.2) is 42.5 Å². The van der Waals surface area contributed by atoms with Gasteiger partial charge in [-0.2, -0.15) is 0 Å². The molecule has 0 aliphatic heterocycles. The number of rotatable bonds is 6. The molecular formula is C18H16N4O5S. The van der Waals surface area contributed by atoms with Gasteiger partial charge in [-0.1, -0.05) is 23.5 Å². The molecule has 0 aliphatic rings. The number of esters is 1. The Morgan fingerprint density at radius 1 is 1.29 bits per heavy atom. The SMILES string of the molecule is CCN(C(=O)COC(=O)c1cc([N+](=O)[O-])ccc1N)c1nc2ccccc2s1. The number of aromatic nitrogens is 1. The molecule has 2 N–H and O–H groups in total. The van der Waals surface area contributed by atoms with Gasteiger partial charge in [0.15, 0.2) is 11.7 Å². The molecule has 10 heteroatoms.